The molecule has 0 aromatic heterocycles. The maximum Gasteiger partial charge on any atom is 0.264 e. The van der Waals surface area contributed by atoms with Crippen LogP contribution >= 0.6 is 11.6 Å². The molecule has 0 heterocycles. The van der Waals surface area contributed by atoms with Crippen LogP contribution in [-0.4, -0.2) is 50.4 Å². The standard InChI is InChI=1S/C32H38ClN3O5S/c1-4-41-30-16-10-9-15-29(30)36(42(39,40)28-19-17-26(33)18-20-28)22-31(37)35(21-25-12-6-5-11-23(25)2)24(3)32(38)34-27-13-7-8-14-27/h5-6,9-12,15-20,24,27H,4,7-8,13-14,21-22H2,1-3H3,(H,34,38)/t24-/m0/s1. The van der Waals surface area contributed by atoms with Crippen molar-refractivity contribution in [2.75, 3.05) is 17.5 Å². The molecule has 1 fully saturated rings. The van der Waals surface area contributed by atoms with Gasteiger partial charge in [0.15, 0.2) is 0 Å². The zero-order chi connectivity index (χ0) is 30.3. The molecule has 1 aliphatic carbocycles. The fourth-order valence-corrected chi connectivity index (χ4v) is 6.68. The van der Waals surface area contributed by atoms with Crippen LogP contribution in [-0.2, 0) is 26.2 Å². The second kappa shape index (κ2) is 14.1. The summed E-state index contributed by atoms with van der Waals surface area (Å²) < 4.78 is 35.0. The number of aryl methyl sites for hydroxylation is 1. The first-order valence-electron chi connectivity index (χ1n) is 14.3. The lowest BCUT2D eigenvalue weighted by molar-refractivity contribution is -0.139. The Bertz CT molecular complexity index is 1490. The molecule has 42 heavy (non-hydrogen) atoms. The van der Waals surface area contributed by atoms with E-state index in [2.05, 4.69) is 5.32 Å². The van der Waals surface area contributed by atoms with Crippen molar-refractivity contribution in [3.63, 3.8) is 0 Å². The van der Waals surface area contributed by atoms with Gasteiger partial charge < -0.3 is 15.0 Å². The van der Waals surface area contributed by atoms with E-state index in [-0.39, 0.29) is 29.1 Å². The van der Waals surface area contributed by atoms with E-state index in [1.54, 1.807) is 38.1 Å². The van der Waals surface area contributed by atoms with E-state index >= 15 is 0 Å². The van der Waals surface area contributed by atoms with E-state index in [4.69, 9.17) is 16.3 Å². The van der Waals surface area contributed by atoms with Crippen LogP contribution in [0.4, 0.5) is 5.69 Å². The Kier molecular flexibility index (Phi) is 10.5. The molecule has 0 radical (unpaired) electrons. The Morgan fingerprint density at radius 2 is 1.64 bits per heavy atom. The number of para-hydroxylation sites is 2. The van der Waals surface area contributed by atoms with Gasteiger partial charge in [-0.2, -0.15) is 0 Å². The molecule has 0 saturated heterocycles. The number of sulfonamides is 1. The molecule has 0 aliphatic heterocycles. The minimum Gasteiger partial charge on any atom is -0.492 e. The highest BCUT2D eigenvalue weighted by molar-refractivity contribution is 7.92. The number of carbonyl (C=O) groups excluding carboxylic acids is 2. The van der Waals surface area contributed by atoms with Crippen LogP contribution < -0.4 is 14.4 Å². The Balaban J connectivity index is 1.73. The first kappa shape index (κ1) is 31.4. The van der Waals surface area contributed by atoms with Crippen LogP contribution in [0.2, 0.25) is 5.02 Å². The summed E-state index contributed by atoms with van der Waals surface area (Å²) in [6.07, 6.45) is 3.93. The van der Waals surface area contributed by atoms with Crippen molar-refractivity contribution in [1.82, 2.24) is 10.2 Å². The third-order valence-corrected chi connectivity index (χ3v) is 9.61. The van der Waals surface area contributed by atoms with Crippen LogP contribution in [0, 0.1) is 6.92 Å². The summed E-state index contributed by atoms with van der Waals surface area (Å²) in [7, 11) is -4.24. The van der Waals surface area contributed by atoms with Crippen molar-refractivity contribution in [2.45, 2.75) is 70.0 Å². The number of ether oxygens (including phenoxy) is 1. The molecule has 1 saturated carbocycles. The Morgan fingerprint density at radius 1 is 1.00 bits per heavy atom. The highest BCUT2D eigenvalue weighted by Crippen LogP contribution is 2.33. The number of carbonyl (C=O) groups is 2. The third kappa shape index (κ3) is 7.44. The Hall–Kier alpha value is -3.56. The summed E-state index contributed by atoms with van der Waals surface area (Å²) in [5, 5.41) is 3.48. The smallest absolute Gasteiger partial charge is 0.264 e. The lowest BCUT2D eigenvalue weighted by Crippen LogP contribution is -2.52. The largest absolute Gasteiger partial charge is 0.492 e. The maximum absolute atomic E-state index is 14.2. The van der Waals surface area contributed by atoms with Gasteiger partial charge >= 0.3 is 0 Å². The van der Waals surface area contributed by atoms with Gasteiger partial charge in [-0.1, -0.05) is 60.8 Å². The maximum atomic E-state index is 14.2. The molecule has 1 atom stereocenters. The SMILES string of the molecule is CCOc1ccccc1N(CC(=O)N(Cc1ccccc1C)[C@@H](C)C(=O)NC1CCCC1)S(=O)(=O)c1ccc(Cl)cc1. The number of nitrogens with one attached hydrogen (secondary N) is 1. The second-order valence-corrected chi connectivity index (χ2v) is 12.8. The van der Waals surface area contributed by atoms with Crippen molar-refractivity contribution in [2.24, 2.45) is 0 Å². The minimum atomic E-state index is -4.24. The summed E-state index contributed by atoms with van der Waals surface area (Å²) >= 11 is 6.04. The van der Waals surface area contributed by atoms with E-state index < -0.39 is 28.5 Å². The summed E-state index contributed by atoms with van der Waals surface area (Å²) in [6.45, 7) is 5.34. The van der Waals surface area contributed by atoms with E-state index in [9.17, 15) is 18.0 Å². The third-order valence-electron chi connectivity index (χ3n) is 7.59. The highest BCUT2D eigenvalue weighted by Gasteiger charge is 2.34. The first-order valence-corrected chi connectivity index (χ1v) is 16.1. The van der Waals surface area contributed by atoms with Gasteiger partial charge in [0.25, 0.3) is 10.0 Å². The fourth-order valence-electron chi connectivity index (χ4n) is 5.13. The van der Waals surface area contributed by atoms with E-state index in [0.29, 0.717) is 17.4 Å². The lowest BCUT2D eigenvalue weighted by Gasteiger charge is -2.33. The number of rotatable bonds is 12. The van der Waals surface area contributed by atoms with Gasteiger partial charge in [0, 0.05) is 17.6 Å². The van der Waals surface area contributed by atoms with E-state index in [0.717, 1.165) is 41.1 Å². The van der Waals surface area contributed by atoms with Crippen LogP contribution in [0.25, 0.3) is 0 Å². The summed E-state index contributed by atoms with van der Waals surface area (Å²) in [6, 6.07) is 19.4. The average Bonchev–Trinajstić information content (AvgIpc) is 3.49. The molecular weight excluding hydrogens is 574 g/mol. The molecule has 3 aromatic carbocycles. The summed E-state index contributed by atoms with van der Waals surface area (Å²) in [5.74, 6) is -0.454. The molecule has 1 aliphatic rings. The number of hydrogen-bond donors (Lipinski definition) is 1. The number of halogens is 1. The normalized spacial score (nSPS) is 14.3. The molecule has 0 bridgehead atoms. The first-order chi connectivity index (χ1) is 20.1. The molecule has 0 unspecified atom stereocenters. The van der Waals surface area contributed by atoms with Crippen molar-refractivity contribution in [3.8, 4) is 5.75 Å². The van der Waals surface area contributed by atoms with Gasteiger partial charge in [0.1, 0.15) is 18.3 Å². The van der Waals surface area contributed by atoms with Gasteiger partial charge in [0.2, 0.25) is 11.8 Å². The highest BCUT2D eigenvalue weighted by atomic mass is 35.5. The summed E-state index contributed by atoms with van der Waals surface area (Å²) in [4.78, 5) is 29.0. The predicted molar refractivity (Wildman–Crippen MR) is 165 cm³/mol. The average molecular weight is 612 g/mol. The van der Waals surface area contributed by atoms with Crippen LogP contribution in [0.3, 0.4) is 0 Å². The van der Waals surface area contributed by atoms with Crippen LogP contribution in [0.5, 0.6) is 5.75 Å². The van der Waals surface area contributed by atoms with Crippen molar-refractivity contribution in [3.05, 3.63) is 88.9 Å². The topological polar surface area (TPSA) is 96.0 Å². The molecular formula is C32H38ClN3O5S. The fraction of sp³-hybridized carbons (Fsp3) is 0.375. The van der Waals surface area contributed by atoms with Crippen LogP contribution in [0.1, 0.15) is 50.7 Å². The number of anilines is 1. The van der Waals surface area contributed by atoms with E-state index in [1.807, 2.05) is 31.2 Å². The molecule has 2 amide bonds. The van der Waals surface area contributed by atoms with Gasteiger partial charge in [-0.25, -0.2) is 8.42 Å². The Labute approximate surface area is 253 Å². The van der Waals surface area contributed by atoms with Crippen molar-refractivity contribution >= 4 is 39.1 Å². The van der Waals surface area contributed by atoms with Crippen molar-refractivity contribution in [1.29, 1.82) is 0 Å². The van der Waals surface area contributed by atoms with Crippen molar-refractivity contribution < 1.29 is 22.7 Å². The second-order valence-electron chi connectivity index (χ2n) is 10.5. The monoisotopic (exact) mass is 611 g/mol. The molecule has 10 heteroatoms. The zero-order valence-corrected chi connectivity index (χ0v) is 25.8. The number of benzene rings is 3. The van der Waals surface area contributed by atoms with Gasteiger partial charge in [0.05, 0.1) is 17.2 Å². The van der Waals surface area contributed by atoms with Gasteiger partial charge in [-0.15, -0.1) is 0 Å². The number of amides is 2. The lowest BCUT2D eigenvalue weighted by atomic mass is 10.1. The van der Waals surface area contributed by atoms with Gasteiger partial charge in [-0.3, -0.25) is 13.9 Å². The van der Waals surface area contributed by atoms with Gasteiger partial charge in [-0.05, 0) is 81.1 Å². The number of nitrogens with zero attached hydrogens (tertiary/aromatic N) is 2. The summed E-state index contributed by atoms with van der Waals surface area (Å²) in [5.41, 5.74) is 2.06. The molecule has 224 valence electrons. The molecule has 0 spiro atoms. The predicted octanol–water partition coefficient (Wildman–Crippen LogP) is 5.72. The van der Waals surface area contributed by atoms with Crippen LogP contribution in [0.15, 0.2) is 77.7 Å². The minimum absolute atomic E-state index is 0.0246. The van der Waals surface area contributed by atoms with E-state index in [1.165, 1.54) is 29.2 Å². The zero-order valence-electron chi connectivity index (χ0n) is 24.3. The number of hydrogen-bond acceptors (Lipinski definition) is 5. The quantitative estimate of drug-likeness (QED) is 0.283. The molecule has 3 aromatic rings. The molecule has 1 N–H and O–H groups in total. The molecule has 4 rings (SSSR count). The Morgan fingerprint density at radius 3 is 2.31 bits per heavy atom. The molecule has 8 nitrogen and oxygen atoms in total.